The van der Waals surface area contributed by atoms with Crippen LogP contribution in [0.3, 0.4) is 0 Å². The quantitative estimate of drug-likeness (QED) is 0.179. The standard InChI is InChI=1S/C36H34F3N3O4/c1-21-8-6-11-26(18-21)45-25-14-12-22(13-15-25)31-30(33(44)40-5)28-20-27(29(41-34(28)46-31)16-17-36(37,38)39)23-9-7-10-24(19-23)32(43)42-35(2,3)4/h6-15,18-20H,16-17H2,1-5H3,(H,40,44)(H,42,43). The summed E-state index contributed by atoms with van der Waals surface area (Å²) >= 11 is 0. The molecule has 5 aromatic rings. The summed E-state index contributed by atoms with van der Waals surface area (Å²) in [6, 6.07) is 22.7. The zero-order valence-electron chi connectivity index (χ0n) is 26.1. The van der Waals surface area contributed by atoms with E-state index in [1.54, 1.807) is 54.6 Å². The van der Waals surface area contributed by atoms with Gasteiger partial charge in [0.05, 0.1) is 16.6 Å². The lowest BCUT2D eigenvalue weighted by Crippen LogP contribution is -2.40. The predicted octanol–water partition coefficient (Wildman–Crippen LogP) is 8.65. The highest BCUT2D eigenvalue weighted by Gasteiger charge is 2.29. The molecule has 10 heteroatoms. The highest BCUT2D eigenvalue weighted by atomic mass is 19.4. The van der Waals surface area contributed by atoms with E-state index in [-0.39, 0.29) is 28.6 Å². The Balaban J connectivity index is 1.62. The van der Waals surface area contributed by atoms with Crippen LogP contribution >= 0.6 is 0 Å². The number of aryl methyl sites for hydroxylation is 2. The summed E-state index contributed by atoms with van der Waals surface area (Å²) in [5, 5.41) is 5.85. The molecule has 0 saturated carbocycles. The molecule has 0 unspecified atom stereocenters. The first-order chi connectivity index (χ1) is 21.7. The second-order valence-corrected chi connectivity index (χ2v) is 12.1. The fourth-order valence-electron chi connectivity index (χ4n) is 5.04. The van der Waals surface area contributed by atoms with E-state index in [1.807, 2.05) is 52.0 Å². The van der Waals surface area contributed by atoms with Crippen LogP contribution in [0, 0.1) is 6.92 Å². The maximum absolute atomic E-state index is 13.4. The predicted molar refractivity (Wildman–Crippen MR) is 171 cm³/mol. The van der Waals surface area contributed by atoms with E-state index < -0.39 is 30.5 Å². The van der Waals surface area contributed by atoms with Crippen LogP contribution < -0.4 is 15.4 Å². The summed E-state index contributed by atoms with van der Waals surface area (Å²) in [6.45, 7) is 7.52. The number of carbonyl (C=O) groups excluding carboxylic acids is 2. The van der Waals surface area contributed by atoms with Crippen LogP contribution in [-0.2, 0) is 6.42 Å². The number of alkyl halides is 3. The molecule has 2 heterocycles. The smallest absolute Gasteiger partial charge is 0.389 e. The summed E-state index contributed by atoms with van der Waals surface area (Å²) in [5.41, 5.74) is 2.62. The number of fused-ring (bicyclic) bond motifs is 1. The summed E-state index contributed by atoms with van der Waals surface area (Å²) in [6.07, 6.45) is -5.96. The van der Waals surface area contributed by atoms with Crippen molar-refractivity contribution in [1.29, 1.82) is 0 Å². The average Bonchev–Trinajstić information content (AvgIpc) is 3.37. The van der Waals surface area contributed by atoms with Gasteiger partial charge in [-0.2, -0.15) is 13.2 Å². The van der Waals surface area contributed by atoms with Gasteiger partial charge in [-0.3, -0.25) is 9.59 Å². The van der Waals surface area contributed by atoms with Gasteiger partial charge < -0.3 is 19.8 Å². The first kappa shape index (κ1) is 32.3. The third kappa shape index (κ3) is 7.56. The third-order valence-corrected chi connectivity index (χ3v) is 7.13. The molecule has 0 saturated heterocycles. The first-order valence-corrected chi connectivity index (χ1v) is 14.7. The lowest BCUT2D eigenvalue weighted by Gasteiger charge is -2.20. The SMILES string of the molecule is CNC(=O)c1c(-c2ccc(Oc3cccc(C)c3)cc2)oc2nc(CCC(F)(F)F)c(-c3cccc(C(=O)NC(C)(C)C)c3)cc12. The molecule has 2 N–H and O–H groups in total. The normalized spacial score (nSPS) is 11.8. The van der Waals surface area contributed by atoms with E-state index >= 15 is 0 Å². The van der Waals surface area contributed by atoms with E-state index in [2.05, 4.69) is 15.6 Å². The molecule has 238 valence electrons. The molecule has 46 heavy (non-hydrogen) atoms. The Morgan fingerprint density at radius 2 is 1.59 bits per heavy atom. The summed E-state index contributed by atoms with van der Waals surface area (Å²) in [7, 11) is 1.48. The Hall–Kier alpha value is -5.12. The Bertz CT molecular complexity index is 1910. The van der Waals surface area contributed by atoms with Gasteiger partial charge >= 0.3 is 6.18 Å². The molecular weight excluding hydrogens is 595 g/mol. The van der Waals surface area contributed by atoms with Gasteiger partial charge in [0, 0.05) is 35.7 Å². The number of carbonyl (C=O) groups is 2. The minimum absolute atomic E-state index is 0.0243. The van der Waals surface area contributed by atoms with Gasteiger partial charge in [-0.1, -0.05) is 24.3 Å². The number of aromatic nitrogens is 1. The minimum Gasteiger partial charge on any atom is -0.457 e. The van der Waals surface area contributed by atoms with Crippen molar-refractivity contribution >= 4 is 22.9 Å². The van der Waals surface area contributed by atoms with Gasteiger partial charge in [-0.05, 0) is 99.8 Å². The first-order valence-electron chi connectivity index (χ1n) is 14.7. The van der Waals surface area contributed by atoms with Gasteiger partial charge in [-0.25, -0.2) is 4.98 Å². The molecule has 5 rings (SSSR count). The van der Waals surface area contributed by atoms with Crippen LogP contribution in [0.4, 0.5) is 13.2 Å². The fraction of sp³-hybridized carbons (Fsp3) is 0.250. The van der Waals surface area contributed by atoms with E-state index in [1.165, 1.54) is 7.05 Å². The van der Waals surface area contributed by atoms with Gasteiger partial charge in [0.25, 0.3) is 11.8 Å². The molecule has 0 fully saturated rings. The Kier molecular flexibility index (Phi) is 8.92. The molecule has 0 radical (unpaired) electrons. The number of furan rings is 1. The largest absolute Gasteiger partial charge is 0.457 e. The highest BCUT2D eigenvalue weighted by Crippen LogP contribution is 2.38. The van der Waals surface area contributed by atoms with Crippen LogP contribution in [0.5, 0.6) is 11.5 Å². The van der Waals surface area contributed by atoms with Crippen LogP contribution in [0.15, 0.2) is 83.3 Å². The zero-order valence-corrected chi connectivity index (χ0v) is 26.1. The molecule has 3 aromatic carbocycles. The molecule has 0 aliphatic rings. The Morgan fingerprint density at radius 1 is 0.870 bits per heavy atom. The molecule has 0 spiro atoms. The lowest BCUT2D eigenvalue weighted by molar-refractivity contribution is -0.134. The fourth-order valence-corrected chi connectivity index (χ4v) is 5.04. The maximum atomic E-state index is 13.4. The lowest BCUT2D eigenvalue weighted by atomic mass is 9.96. The number of rotatable bonds is 8. The van der Waals surface area contributed by atoms with Crippen LogP contribution in [0.2, 0.25) is 0 Å². The number of nitrogens with one attached hydrogen (secondary N) is 2. The summed E-state index contributed by atoms with van der Waals surface area (Å²) in [5.74, 6) is 0.665. The Labute approximate surface area is 264 Å². The molecule has 2 aromatic heterocycles. The number of ether oxygens (including phenoxy) is 1. The van der Waals surface area contributed by atoms with E-state index in [4.69, 9.17) is 9.15 Å². The number of pyridine rings is 1. The van der Waals surface area contributed by atoms with E-state index in [9.17, 15) is 22.8 Å². The minimum atomic E-state index is -4.42. The van der Waals surface area contributed by atoms with Gasteiger partial charge in [0.15, 0.2) is 0 Å². The zero-order chi connectivity index (χ0) is 33.2. The van der Waals surface area contributed by atoms with Crippen molar-refractivity contribution in [2.75, 3.05) is 7.05 Å². The third-order valence-electron chi connectivity index (χ3n) is 7.13. The number of benzene rings is 3. The van der Waals surface area contributed by atoms with Crippen molar-refractivity contribution in [3.8, 4) is 33.9 Å². The molecule has 7 nitrogen and oxygen atoms in total. The van der Waals surface area contributed by atoms with Crippen molar-refractivity contribution in [2.45, 2.75) is 52.3 Å². The van der Waals surface area contributed by atoms with Gasteiger partial charge in [0.1, 0.15) is 17.3 Å². The van der Waals surface area contributed by atoms with E-state index in [0.717, 1.165) is 5.56 Å². The number of amides is 2. The molecule has 2 amide bonds. The average molecular weight is 630 g/mol. The molecule has 0 aliphatic heterocycles. The number of nitrogens with zero attached hydrogens (tertiary/aromatic N) is 1. The second-order valence-electron chi connectivity index (χ2n) is 12.1. The van der Waals surface area contributed by atoms with Crippen LogP contribution in [0.25, 0.3) is 33.6 Å². The second kappa shape index (κ2) is 12.7. The maximum Gasteiger partial charge on any atom is 0.389 e. The molecule has 0 aliphatic carbocycles. The highest BCUT2D eigenvalue weighted by molar-refractivity contribution is 6.11. The molecule has 0 atom stereocenters. The van der Waals surface area contributed by atoms with Crippen molar-refractivity contribution in [3.05, 3.63) is 101 Å². The van der Waals surface area contributed by atoms with Crippen molar-refractivity contribution in [1.82, 2.24) is 15.6 Å². The summed E-state index contributed by atoms with van der Waals surface area (Å²) < 4.78 is 52.2. The monoisotopic (exact) mass is 629 g/mol. The van der Waals surface area contributed by atoms with Gasteiger partial charge in [-0.15, -0.1) is 0 Å². The van der Waals surface area contributed by atoms with Crippen molar-refractivity contribution in [2.24, 2.45) is 0 Å². The van der Waals surface area contributed by atoms with Gasteiger partial charge in [0.2, 0.25) is 5.71 Å². The number of hydrogen-bond acceptors (Lipinski definition) is 5. The van der Waals surface area contributed by atoms with E-state index in [0.29, 0.717) is 39.1 Å². The van der Waals surface area contributed by atoms with Crippen molar-refractivity contribution < 1.29 is 31.9 Å². The van der Waals surface area contributed by atoms with Crippen LogP contribution in [-0.4, -0.2) is 35.6 Å². The Morgan fingerprint density at radius 3 is 2.24 bits per heavy atom. The van der Waals surface area contributed by atoms with Crippen molar-refractivity contribution in [3.63, 3.8) is 0 Å². The number of hydrogen-bond donors (Lipinski definition) is 2. The number of halogens is 3. The molecular formula is C36H34F3N3O4. The molecule has 0 bridgehead atoms. The summed E-state index contributed by atoms with van der Waals surface area (Å²) in [4.78, 5) is 30.7. The topological polar surface area (TPSA) is 93.5 Å². The van der Waals surface area contributed by atoms with Crippen LogP contribution in [0.1, 0.15) is 59.2 Å².